The van der Waals surface area contributed by atoms with Crippen molar-refractivity contribution in [2.45, 2.75) is 19.9 Å². The van der Waals surface area contributed by atoms with E-state index in [9.17, 15) is 4.79 Å². The predicted octanol–water partition coefficient (Wildman–Crippen LogP) is 1.78. The number of nitrogens with zero attached hydrogens (tertiary/aromatic N) is 1. The van der Waals surface area contributed by atoms with Gasteiger partial charge >= 0.3 is 6.09 Å². The zero-order valence-electron chi connectivity index (χ0n) is 6.87. The van der Waals surface area contributed by atoms with E-state index in [2.05, 4.69) is 10.3 Å². The fourth-order valence-corrected chi connectivity index (χ4v) is 1.62. The molecule has 1 atom stereocenters. The Kier molecular flexibility index (Phi) is 2.65. The highest BCUT2D eigenvalue weighted by atomic mass is 32.1. The molecule has 0 aliphatic heterocycles. The van der Waals surface area contributed by atoms with Crippen LogP contribution >= 0.6 is 11.3 Å². The van der Waals surface area contributed by atoms with Crippen LogP contribution in [0.4, 0.5) is 4.79 Å². The first-order valence-electron chi connectivity index (χ1n) is 3.51. The van der Waals surface area contributed by atoms with Gasteiger partial charge in [-0.15, -0.1) is 11.3 Å². The summed E-state index contributed by atoms with van der Waals surface area (Å²) in [4.78, 5) is 14.4. The molecule has 66 valence electrons. The Balaban J connectivity index is 2.64. The lowest BCUT2D eigenvalue weighted by Gasteiger charge is -2.06. The predicted molar refractivity (Wildman–Crippen MR) is 46.4 cm³/mol. The van der Waals surface area contributed by atoms with Crippen LogP contribution in [0, 0.1) is 6.92 Å². The van der Waals surface area contributed by atoms with E-state index < -0.39 is 6.09 Å². The Morgan fingerprint density at radius 2 is 2.50 bits per heavy atom. The van der Waals surface area contributed by atoms with Crippen LogP contribution in [-0.4, -0.2) is 16.2 Å². The molecule has 0 radical (unpaired) electrons. The fraction of sp³-hybridized carbons (Fsp3) is 0.429. The molecule has 0 aliphatic carbocycles. The first-order chi connectivity index (χ1) is 5.59. The van der Waals surface area contributed by atoms with Crippen molar-refractivity contribution in [1.82, 2.24) is 10.3 Å². The van der Waals surface area contributed by atoms with Crippen LogP contribution < -0.4 is 5.32 Å². The van der Waals surface area contributed by atoms with Gasteiger partial charge in [0.2, 0.25) is 0 Å². The summed E-state index contributed by atoms with van der Waals surface area (Å²) < 4.78 is 0. The van der Waals surface area contributed by atoms with Crippen LogP contribution in [0.3, 0.4) is 0 Å². The first-order valence-corrected chi connectivity index (χ1v) is 4.39. The molecule has 0 fully saturated rings. The van der Waals surface area contributed by atoms with E-state index in [1.54, 1.807) is 6.92 Å². The Morgan fingerprint density at radius 3 is 2.92 bits per heavy atom. The van der Waals surface area contributed by atoms with E-state index in [-0.39, 0.29) is 6.04 Å². The number of nitrogens with one attached hydrogen (secondary N) is 1. The summed E-state index contributed by atoms with van der Waals surface area (Å²) in [5.41, 5.74) is 0.925. The largest absolute Gasteiger partial charge is 0.465 e. The third kappa shape index (κ3) is 2.20. The molecular formula is C7H10N2O2S. The van der Waals surface area contributed by atoms with Crippen molar-refractivity contribution in [2.24, 2.45) is 0 Å². The summed E-state index contributed by atoms with van der Waals surface area (Å²) in [6, 6.07) is -0.221. The zero-order chi connectivity index (χ0) is 9.14. The molecule has 0 saturated carbocycles. The van der Waals surface area contributed by atoms with Gasteiger partial charge in [0.05, 0.1) is 6.04 Å². The maximum atomic E-state index is 10.3. The van der Waals surface area contributed by atoms with Gasteiger partial charge in [0, 0.05) is 11.1 Å². The number of hydrogen-bond acceptors (Lipinski definition) is 3. The molecule has 0 aliphatic rings. The van der Waals surface area contributed by atoms with Crippen molar-refractivity contribution in [3.63, 3.8) is 0 Å². The molecule has 0 aromatic carbocycles. The molecule has 1 unspecified atom stereocenters. The summed E-state index contributed by atoms with van der Waals surface area (Å²) in [5.74, 6) is 0. The molecular weight excluding hydrogens is 176 g/mol. The van der Waals surface area contributed by atoms with Crippen LogP contribution in [0.2, 0.25) is 0 Å². The number of carboxylic acid groups (broad SMARTS) is 1. The minimum atomic E-state index is -1.02. The molecule has 2 N–H and O–H groups in total. The van der Waals surface area contributed by atoms with Gasteiger partial charge in [-0.05, 0) is 13.8 Å². The number of thiazole rings is 1. The lowest BCUT2D eigenvalue weighted by Crippen LogP contribution is -2.24. The van der Waals surface area contributed by atoms with Gasteiger partial charge in [-0.2, -0.15) is 0 Å². The summed E-state index contributed by atoms with van der Waals surface area (Å²) >= 11 is 1.46. The normalized spacial score (nSPS) is 12.5. The standard InChI is InChI=1S/C7H10N2O2S/c1-4-3-12-6(8-4)5(2)9-7(10)11/h3,5,9H,1-2H3,(H,10,11). The minimum Gasteiger partial charge on any atom is -0.465 e. The third-order valence-corrected chi connectivity index (χ3v) is 2.49. The third-order valence-electron chi connectivity index (χ3n) is 1.35. The van der Waals surface area contributed by atoms with Gasteiger partial charge in [-0.3, -0.25) is 0 Å². The van der Waals surface area contributed by atoms with E-state index in [0.29, 0.717) is 0 Å². The van der Waals surface area contributed by atoms with Crippen LogP contribution in [0.25, 0.3) is 0 Å². The van der Waals surface area contributed by atoms with Gasteiger partial charge < -0.3 is 10.4 Å². The molecule has 1 aromatic heterocycles. The molecule has 1 aromatic rings. The molecule has 1 rings (SSSR count). The first kappa shape index (κ1) is 8.99. The van der Waals surface area contributed by atoms with Crippen molar-refractivity contribution in [1.29, 1.82) is 0 Å². The topological polar surface area (TPSA) is 62.2 Å². The molecule has 5 heteroatoms. The number of rotatable bonds is 2. The average molecular weight is 186 g/mol. The second kappa shape index (κ2) is 3.53. The lowest BCUT2D eigenvalue weighted by molar-refractivity contribution is 0.191. The van der Waals surface area contributed by atoms with Crippen LogP contribution in [0.1, 0.15) is 23.7 Å². The van der Waals surface area contributed by atoms with Crippen LogP contribution in [0.15, 0.2) is 5.38 Å². The maximum absolute atomic E-state index is 10.3. The SMILES string of the molecule is Cc1csc(C(C)NC(=O)O)n1. The highest BCUT2D eigenvalue weighted by Crippen LogP contribution is 2.16. The highest BCUT2D eigenvalue weighted by molar-refractivity contribution is 7.09. The Hall–Kier alpha value is -1.10. The minimum absolute atomic E-state index is 0.221. The van der Waals surface area contributed by atoms with Gasteiger partial charge in [-0.1, -0.05) is 0 Å². The van der Waals surface area contributed by atoms with Crippen molar-refractivity contribution in [2.75, 3.05) is 0 Å². The second-order valence-electron chi connectivity index (χ2n) is 2.50. The van der Waals surface area contributed by atoms with E-state index in [1.807, 2.05) is 12.3 Å². The van der Waals surface area contributed by atoms with E-state index in [0.717, 1.165) is 10.7 Å². The van der Waals surface area contributed by atoms with Gasteiger partial charge in [0.25, 0.3) is 0 Å². The molecule has 4 nitrogen and oxygen atoms in total. The number of aryl methyl sites for hydroxylation is 1. The van der Waals surface area contributed by atoms with E-state index >= 15 is 0 Å². The summed E-state index contributed by atoms with van der Waals surface area (Å²) in [5, 5.41) is 13.5. The molecule has 1 amide bonds. The number of hydrogen-bond donors (Lipinski definition) is 2. The van der Waals surface area contributed by atoms with E-state index in [4.69, 9.17) is 5.11 Å². The molecule has 0 bridgehead atoms. The van der Waals surface area contributed by atoms with Gasteiger partial charge in [-0.25, -0.2) is 9.78 Å². The van der Waals surface area contributed by atoms with Crippen molar-refractivity contribution < 1.29 is 9.90 Å². The fourth-order valence-electron chi connectivity index (χ4n) is 0.818. The number of carbonyl (C=O) groups is 1. The Bertz CT molecular complexity index is 285. The summed E-state index contributed by atoms with van der Waals surface area (Å²) in [6.45, 7) is 3.65. The molecule has 12 heavy (non-hydrogen) atoms. The quantitative estimate of drug-likeness (QED) is 0.740. The number of aromatic nitrogens is 1. The summed E-state index contributed by atoms with van der Waals surface area (Å²) in [6.07, 6.45) is -1.02. The molecule has 1 heterocycles. The maximum Gasteiger partial charge on any atom is 0.405 e. The lowest BCUT2D eigenvalue weighted by atomic mass is 10.4. The van der Waals surface area contributed by atoms with Gasteiger partial charge in [0.15, 0.2) is 0 Å². The van der Waals surface area contributed by atoms with Gasteiger partial charge in [0.1, 0.15) is 5.01 Å². The smallest absolute Gasteiger partial charge is 0.405 e. The molecule has 0 saturated heterocycles. The number of amides is 1. The molecule has 0 spiro atoms. The van der Waals surface area contributed by atoms with Crippen LogP contribution in [-0.2, 0) is 0 Å². The monoisotopic (exact) mass is 186 g/mol. The Morgan fingerprint density at radius 1 is 1.83 bits per heavy atom. The zero-order valence-corrected chi connectivity index (χ0v) is 7.68. The van der Waals surface area contributed by atoms with Crippen molar-refractivity contribution in [3.05, 3.63) is 16.1 Å². The second-order valence-corrected chi connectivity index (χ2v) is 3.39. The van der Waals surface area contributed by atoms with Crippen molar-refractivity contribution >= 4 is 17.4 Å². The highest BCUT2D eigenvalue weighted by Gasteiger charge is 2.10. The van der Waals surface area contributed by atoms with E-state index in [1.165, 1.54) is 11.3 Å². The van der Waals surface area contributed by atoms with Crippen molar-refractivity contribution in [3.8, 4) is 0 Å². The van der Waals surface area contributed by atoms with Crippen LogP contribution in [0.5, 0.6) is 0 Å². The Labute approximate surface area is 74.3 Å². The summed E-state index contributed by atoms with van der Waals surface area (Å²) in [7, 11) is 0. The average Bonchev–Trinajstić information content (AvgIpc) is 2.34.